The Morgan fingerprint density at radius 2 is 1.15 bits per heavy atom. The molecule has 0 atom stereocenters. The van der Waals surface area contributed by atoms with Gasteiger partial charge in [-0.1, -0.05) is 84.9 Å². The number of fused-ring (bicyclic) bond motifs is 2. The van der Waals surface area contributed by atoms with Crippen molar-refractivity contribution in [3.8, 4) is 28.4 Å². The molecule has 0 aliphatic heterocycles. The van der Waals surface area contributed by atoms with Crippen LogP contribution >= 0.6 is 0 Å². The lowest BCUT2D eigenvalue weighted by atomic mass is 9.91. The van der Waals surface area contributed by atoms with Crippen LogP contribution in [0.2, 0.25) is 0 Å². The molecule has 0 aliphatic carbocycles. The number of hydrogen-bond acceptors (Lipinski definition) is 4. The van der Waals surface area contributed by atoms with Crippen LogP contribution in [0.4, 0.5) is 11.4 Å². The Balaban J connectivity index is 1.54. The van der Waals surface area contributed by atoms with Crippen LogP contribution in [0.1, 0.15) is 5.56 Å². The van der Waals surface area contributed by atoms with Crippen LogP contribution in [-0.2, 0) is 6.61 Å². The zero-order chi connectivity index (χ0) is 26.6. The lowest BCUT2D eigenvalue weighted by Gasteiger charge is -2.21. The number of hydrogen-bond donors (Lipinski definition) is 1. The fourth-order valence-electron chi connectivity index (χ4n) is 5.05. The molecule has 0 saturated heterocycles. The summed E-state index contributed by atoms with van der Waals surface area (Å²) in [5, 5.41) is 8.25. The third kappa shape index (κ3) is 4.85. The maximum atomic E-state index is 6.56. The van der Waals surface area contributed by atoms with E-state index in [2.05, 4.69) is 78.1 Å². The van der Waals surface area contributed by atoms with E-state index in [1.165, 1.54) is 0 Å². The monoisotopic (exact) mass is 511 g/mol. The number of methoxy groups -OCH3 is 2. The molecule has 0 unspecified atom stereocenters. The summed E-state index contributed by atoms with van der Waals surface area (Å²) >= 11 is 0. The minimum absolute atomic E-state index is 0.440. The van der Waals surface area contributed by atoms with Crippen molar-refractivity contribution in [3.05, 3.63) is 127 Å². The number of para-hydroxylation sites is 2. The van der Waals surface area contributed by atoms with Crippen molar-refractivity contribution in [1.29, 1.82) is 0 Å². The van der Waals surface area contributed by atoms with E-state index < -0.39 is 0 Å². The van der Waals surface area contributed by atoms with Gasteiger partial charge in [-0.2, -0.15) is 0 Å². The van der Waals surface area contributed by atoms with Crippen molar-refractivity contribution < 1.29 is 14.2 Å². The summed E-state index contributed by atoms with van der Waals surface area (Å²) in [5.74, 6) is 2.43. The quantitative estimate of drug-likeness (QED) is 0.221. The Hall–Kier alpha value is -4.96. The smallest absolute Gasteiger partial charge is 0.142 e. The first-order chi connectivity index (χ1) is 19.2. The minimum atomic E-state index is 0.440. The molecule has 0 amide bonds. The van der Waals surface area contributed by atoms with Crippen molar-refractivity contribution in [1.82, 2.24) is 0 Å². The largest absolute Gasteiger partial charge is 0.497 e. The topological polar surface area (TPSA) is 39.7 Å². The average Bonchev–Trinajstić information content (AvgIpc) is 3.00. The van der Waals surface area contributed by atoms with E-state index in [0.717, 1.165) is 66.9 Å². The van der Waals surface area contributed by atoms with Crippen molar-refractivity contribution in [2.75, 3.05) is 19.5 Å². The van der Waals surface area contributed by atoms with E-state index in [9.17, 15) is 0 Å². The second kappa shape index (κ2) is 10.8. The summed E-state index contributed by atoms with van der Waals surface area (Å²) in [6.07, 6.45) is 0. The van der Waals surface area contributed by atoms with E-state index in [1.807, 2.05) is 48.5 Å². The molecular formula is C35H29NO3. The lowest BCUT2D eigenvalue weighted by Crippen LogP contribution is -2.01. The molecule has 6 rings (SSSR count). The van der Waals surface area contributed by atoms with Crippen molar-refractivity contribution in [2.45, 2.75) is 6.61 Å². The van der Waals surface area contributed by atoms with Crippen LogP contribution in [0.15, 0.2) is 121 Å². The number of ether oxygens (including phenoxy) is 3. The van der Waals surface area contributed by atoms with E-state index in [0.29, 0.717) is 6.61 Å². The Bertz CT molecular complexity index is 1760. The predicted octanol–water partition coefficient (Wildman–Crippen LogP) is 9.00. The number of benzene rings is 6. The molecule has 4 nitrogen and oxygen atoms in total. The summed E-state index contributed by atoms with van der Waals surface area (Å²) in [5.41, 5.74) is 5.08. The summed E-state index contributed by atoms with van der Waals surface area (Å²) in [6, 6.07) is 41.4. The second-order valence-electron chi connectivity index (χ2n) is 9.33. The number of rotatable bonds is 8. The third-order valence-electron chi connectivity index (χ3n) is 7.00. The highest BCUT2D eigenvalue weighted by atomic mass is 16.5. The Morgan fingerprint density at radius 1 is 0.513 bits per heavy atom. The van der Waals surface area contributed by atoms with Gasteiger partial charge in [0.25, 0.3) is 0 Å². The first-order valence-corrected chi connectivity index (χ1v) is 12.9. The molecule has 0 fully saturated rings. The van der Waals surface area contributed by atoms with Gasteiger partial charge >= 0.3 is 0 Å². The van der Waals surface area contributed by atoms with Gasteiger partial charge in [0.05, 0.1) is 19.9 Å². The van der Waals surface area contributed by atoms with Gasteiger partial charge in [-0.3, -0.25) is 0 Å². The van der Waals surface area contributed by atoms with Crippen molar-refractivity contribution >= 4 is 32.9 Å². The molecule has 6 aromatic rings. The fraction of sp³-hybridized carbons (Fsp3) is 0.0857. The summed E-state index contributed by atoms with van der Waals surface area (Å²) < 4.78 is 17.5. The lowest BCUT2D eigenvalue weighted by molar-refractivity contribution is 0.307. The Kier molecular flexibility index (Phi) is 6.75. The molecule has 1 N–H and O–H groups in total. The standard InChI is InChI=1S/C35H29NO3/c1-37-27-19-15-24(16-20-27)23-39-33-22-18-26-10-4-6-12-29(26)35(33)34-28-11-5-3-9-25(28)17-21-31(34)36-30-13-7-8-14-32(30)38-2/h3-22,36H,23H2,1-2H3. The van der Waals surface area contributed by atoms with Crippen LogP contribution in [0, 0.1) is 0 Å². The summed E-state index contributed by atoms with van der Waals surface area (Å²) in [7, 11) is 3.37. The SMILES string of the molecule is COc1ccc(COc2ccc3ccccc3c2-c2c(Nc3ccccc3OC)ccc3ccccc23)cc1. The molecule has 0 aliphatic rings. The molecule has 0 spiro atoms. The van der Waals surface area contributed by atoms with Gasteiger partial charge in [-0.05, 0) is 63.5 Å². The highest BCUT2D eigenvalue weighted by Crippen LogP contribution is 2.46. The average molecular weight is 512 g/mol. The van der Waals surface area contributed by atoms with Crippen LogP contribution in [0.5, 0.6) is 17.2 Å². The second-order valence-corrected chi connectivity index (χ2v) is 9.33. The molecule has 0 bridgehead atoms. The van der Waals surface area contributed by atoms with Gasteiger partial charge in [0.2, 0.25) is 0 Å². The van der Waals surface area contributed by atoms with E-state index in [4.69, 9.17) is 14.2 Å². The normalized spacial score (nSPS) is 10.9. The van der Waals surface area contributed by atoms with Crippen LogP contribution in [0.25, 0.3) is 32.7 Å². The Morgan fingerprint density at radius 3 is 1.87 bits per heavy atom. The van der Waals surface area contributed by atoms with E-state index in [1.54, 1.807) is 14.2 Å². The number of anilines is 2. The van der Waals surface area contributed by atoms with E-state index in [-0.39, 0.29) is 0 Å². The van der Waals surface area contributed by atoms with E-state index >= 15 is 0 Å². The van der Waals surface area contributed by atoms with Gasteiger partial charge < -0.3 is 19.5 Å². The maximum Gasteiger partial charge on any atom is 0.142 e. The summed E-state index contributed by atoms with van der Waals surface area (Å²) in [4.78, 5) is 0. The minimum Gasteiger partial charge on any atom is -0.497 e. The van der Waals surface area contributed by atoms with Crippen LogP contribution in [-0.4, -0.2) is 14.2 Å². The van der Waals surface area contributed by atoms with Crippen LogP contribution in [0.3, 0.4) is 0 Å². The highest BCUT2D eigenvalue weighted by Gasteiger charge is 2.19. The molecule has 0 radical (unpaired) electrons. The van der Waals surface area contributed by atoms with Gasteiger partial charge in [0.15, 0.2) is 0 Å². The molecular weight excluding hydrogens is 482 g/mol. The first kappa shape index (κ1) is 24.4. The zero-order valence-electron chi connectivity index (χ0n) is 22.0. The van der Waals surface area contributed by atoms with Crippen molar-refractivity contribution in [2.24, 2.45) is 0 Å². The molecule has 0 aromatic heterocycles. The van der Waals surface area contributed by atoms with Gasteiger partial charge in [0.1, 0.15) is 23.9 Å². The molecule has 6 aromatic carbocycles. The number of nitrogens with one attached hydrogen (secondary N) is 1. The maximum absolute atomic E-state index is 6.56. The van der Waals surface area contributed by atoms with Gasteiger partial charge in [-0.25, -0.2) is 0 Å². The van der Waals surface area contributed by atoms with Crippen LogP contribution < -0.4 is 19.5 Å². The van der Waals surface area contributed by atoms with Crippen molar-refractivity contribution in [3.63, 3.8) is 0 Å². The molecule has 0 heterocycles. The Labute approximate surface area is 228 Å². The highest BCUT2D eigenvalue weighted by molar-refractivity contribution is 6.12. The summed E-state index contributed by atoms with van der Waals surface area (Å²) in [6.45, 7) is 0.440. The third-order valence-corrected chi connectivity index (χ3v) is 7.00. The molecule has 4 heteroatoms. The molecule has 192 valence electrons. The zero-order valence-corrected chi connectivity index (χ0v) is 22.0. The first-order valence-electron chi connectivity index (χ1n) is 12.9. The fourth-order valence-corrected chi connectivity index (χ4v) is 5.05. The molecule has 0 saturated carbocycles. The van der Waals surface area contributed by atoms with Gasteiger partial charge in [0, 0.05) is 16.8 Å². The predicted molar refractivity (Wildman–Crippen MR) is 160 cm³/mol. The van der Waals surface area contributed by atoms with Gasteiger partial charge in [-0.15, -0.1) is 0 Å². The molecule has 39 heavy (non-hydrogen) atoms.